The quantitative estimate of drug-likeness (QED) is 0.547. The van der Waals surface area contributed by atoms with E-state index in [0.717, 1.165) is 37.6 Å². The molecule has 1 unspecified atom stereocenters. The van der Waals surface area contributed by atoms with Gasteiger partial charge in [-0.05, 0) is 49.9 Å². The highest BCUT2D eigenvalue weighted by atomic mass is 16.2. The molecule has 2 aromatic carbocycles. The molecule has 5 heteroatoms. The molecule has 1 aliphatic heterocycles. The fourth-order valence-electron chi connectivity index (χ4n) is 5.61. The summed E-state index contributed by atoms with van der Waals surface area (Å²) in [5.74, 6) is -0.193. The third-order valence-electron chi connectivity index (χ3n) is 7.39. The second-order valence-corrected chi connectivity index (χ2v) is 9.52. The third kappa shape index (κ3) is 3.75. The summed E-state index contributed by atoms with van der Waals surface area (Å²) in [6, 6.07) is 17.5. The number of para-hydroxylation sites is 1. The van der Waals surface area contributed by atoms with Crippen molar-refractivity contribution in [1.29, 1.82) is 0 Å². The number of hydrogen-bond donors (Lipinski definition) is 2. The maximum atomic E-state index is 13.7. The van der Waals surface area contributed by atoms with Crippen molar-refractivity contribution >= 4 is 22.7 Å². The van der Waals surface area contributed by atoms with Crippen LogP contribution in [-0.4, -0.2) is 39.3 Å². The first-order chi connectivity index (χ1) is 16.0. The summed E-state index contributed by atoms with van der Waals surface area (Å²) in [5, 5.41) is 4.31. The molecular formula is C28H31N3O2. The van der Waals surface area contributed by atoms with Gasteiger partial charge >= 0.3 is 0 Å². The number of benzene rings is 2. The minimum atomic E-state index is -1.01. The van der Waals surface area contributed by atoms with E-state index in [1.165, 1.54) is 17.4 Å². The molecule has 2 amide bonds. The van der Waals surface area contributed by atoms with Gasteiger partial charge in [-0.15, -0.1) is 0 Å². The molecule has 1 atom stereocenters. The Kier molecular flexibility index (Phi) is 5.57. The number of carbonyl (C=O) groups is 2. The van der Waals surface area contributed by atoms with Crippen molar-refractivity contribution in [2.45, 2.75) is 56.5 Å². The van der Waals surface area contributed by atoms with Gasteiger partial charge in [0, 0.05) is 29.2 Å². The lowest BCUT2D eigenvalue weighted by Gasteiger charge is -2.47. The maximum absolute atomic E-state index is 13.7. The smallest absolute Gasteiger partial charge is 0.255 e. The van der Waals surface area contributed by atoms with Gasteiger partial charge in [-0.1, -0.05) is 67.8 Å². The summed E-state index contributed by atoms with van der Waals surface area (Å²) in [5.41, 5.74) is 1.52. The Morgan fingerprint density at radius 1 is 0.970 bits per heavy atom. The van der Waals surface area contributed by atoms with Crippen molar-refractivity contribution < 1.29 is 9.59 Å². The number of nitrogens with one attached hydrogen (secondary N) is 2. The number of amides is 2. The Labute approximate surface area is 194 Å². The van der Waals surface area contributed by atoms with Crippen LogP contribution in [0, 0.1) is 0 Å². The fourth-order valence-corrected chi connectivity index (χ4v) is 5.61. The van der Waals surface area contributed by atoms with Crippen molar-refractivity contribution in [2.75, 3.05) is 6.54 Å². The van der Waals surface area contributed by atoms with Crippen LogP contribution in [0.1, 0.15) is 54.9 Å². The van der Waals surface area contributed by atoms with E-state index in [1.807, 2.05) is 66.6 Å². The molecular weight excluding hydrogens is 410 g/mol. The summed E-state index contributed by atoms with van der Waals surface area (Å²) in [4.78, 5) is 32.5. The zero-order valence-electron chi connectivity index (χ0n) is 19.1. The van der Waals surface area contributed by atoms with Crippen LogP contribution in [0.15, 0.2) is 72.9 Å². The molecule has 1 saturated carbocycles. The first-order valence-corrected chi connectivity index (χ1v) is 12.0. The number of nitrogens with zero attached hydrogens (tertiary/aromatic N) is 1. The van der Waals surface area contributed by atoms with Crippen LogP contribution in [0.2, 0.25) is 0 Å². The minimum Gasteiger partial charge on any atom is -0.361 e. The average Bonchev–Trinajstić information content (AvgIpc) is 3.39. The molecule has 2 heterocycles. The molecule has 5 nitrogen and oxygen atoms in total. The molecule has 1 aliphatic carbocycles. The number of H-pyrrole nitrogens is 1. The van der Waals surface area contributed by atoms with E-state index in [-0.39, 0.29) is 17.4 Å². The number of rotatable bonds is 5. The van der Waals surface area contributed by atoms with Crippen LogP contribution in [0.25, 0.3) is 10.9 Å². The zero-order chi connectivity index (χ0) is 22.9. The molecule has 1 aromatic heterocycles. The van der Waals surface area contributed by atoms with Gasteiger partial charge in [0.2, 0.25) is 5.91 Å². The fraction of sp³-hybridized carbons (Fsp3) is 0.357. The summed E-state index contributed by atoms with van der Waals surface area (Å²) in [6.07, 6.45) is 12.0. The van der Waals surface area contributed by atoms with Crippen molar-refractivity contribution in [2.24, 2.45) is 0 Å². The number of fused-ring (bicyclic) bond motifs is 1. The molecule has 5 rings (SSSR count). The highest BCUT2D eigenvalue weighted by Crippen LogP contribution is 2.45. The average molecular weight is 442 g/mol. The van der Waals surface area contributed by atoms with E-state index in [1.54, 1.807) is 0 Å². The van der Waals surface area contributed by atoms with Crippen molar-refractivity contribution in [3.8, 4) is 0 Å². The molecule has 2 aliphatic rings. The van der Waals surface area contributed by atoms with Gasteiger partial charge in [0.05, 0.1) is 5.54 Å². The first-order valence-electron chi connectivity index (χ1n) is 12.0. The molecule has 0 bridgehead atoms. The predicted octanol–water partition coefficient (Wildman–Crippen LogP) is 5.00. The third-order valence-corrected chi connectivity index (χ3v) is 7.39. The molecule has 1 fully saturated rings. The molecule has 2 N–H and O–H groups in total. The van der Waals surface area contributed by atoms with E-state index < -0.39 is 5.54 Å². The lowest BCUT2D eigenvalue weighted by atomic mass is 9.80. The number of carbonyl (C=O) groups excluding carboxylic acids is 2. The first kappa shape index (κ1) is 21.5. The van der Waals surface area contributed by atoms with Gasteiger partial charge in [0.25, 0.3) is 5.91 Å². The van der Waals surface area contributed by atoms with Crippen LogP contribution < -0.4 is 5.32 Å². The van der Waals surface area contributed by atoms with Crippen LogP contribution in [0.5, 0.6) is 0 Å². The Morgan fingerprint density at radius 2 is 1.70 bits per heavy atom. The van der Waals surface area contributed by atoms with Gasteiger partial charge < -0.3 is 15.2 Å². The van der Waals surface area contributed by atoms with E-state index in [9.17, 15) is 9.59 Å². The highest BCUT2D eigenvalue weighted by molar-refractivity contribution is 6.01. The zero-order valence-corrected chi connectivity index (χ0v) is 19.1. The van der Waals surface area contributed by atoms with Crippen LogP contribution in [0.4, 0.5) is 0 Å². The van der Waals surface area contributed by atoms with Crippen LogP contribution in [-0.2, 0) is 11.2 Å². The Bertz CT molecular complexity index is 1190. The van der Waals surface area contributed by atoms with Gasteiger partial charge in [-0.3, -0.25) is 9.59 Å². The summed E-state index contributed by atoms with van der Waals surface area (Å²) in [6.45, 7) is 2.40. The van der Waals surface area contributed by atoms with Crippen LogP contribution in [0.3, 0.4) is 0 Å². The Morgan fingerprint density at radius 3 is 2.48 bits per heavy atom. The molecule has 1 spiro atoms. The Balaban J connectivity index is 1.37. The maximum Gasteiger partial charge on any atom is 0.255 e. The van der Waals surface area contributed by atoms with Crippen molar-refractivity contribution in [3.05, 3.63) is 84.1 Å². The molecule has 0 saturated heterocycles. The normalized spacial score (nSPS) is 21.5. The molecule has 3 aromatic rings. The number of aromatic amines is 1. The molecule has 33 heavy (non-hydrogen) atoms. The standard InChI is InChI=1S/C28H31N3O2/c1-27(26(33)29-19-14-22-20-30-24-13-7-6-12-23(22)24)17-18-28(15-8-3-9-16-28)31(27)25(32)21-10-4-2-5-11-21/h2,4-7,10-13,17-18,20,30H,3,8-9,14-16,19H2,1H3,(H,29,33). The van der Waals surface area contributed by atoms with Crippen LogP contribution >= 0.6 is 0 Å². The topological polar surface area (TPSA) is 65.2 Å². The number of aromatic nitrogens is 1. The summed E-state index contributed by atoms with van der Waals surface area (Å²) >= 11 is 0. The number of hydrogen-bond acceptors (Lipinski definition) is 2. The summed E-state index contributed by atoms with van der Waals surface area (Å²) in [7, 11) is 0. The van der Waals surface area contributed by atoms with E-state index >= 15 is 0 Å². The SMILES string of the molecule is CC1(C(=O)NCCc2c[nH]c3ccccc23)C=CC2(CCCCC2)N1C(=O)c1ccccc1. The van der Waals surface area contributed by atoms with E-state index in [4.69, 9.17) is 0 Å². The monoisotopic (exact) mass is 441 g/mol. The molecule has 0 radical (unpaired) electrons. The summed E-state index contributed by atoms with van der Waals surface area (Å²) < 4.78 is 0. The predicted molar refractivity (Wildman–Crippen MR) is 131 cm³/mol. The Hall–Kier alpha value is -3.34. The second kappa shape index (κ2) is 8.54. The van der Waals surface area contributed by atoms with E-state index in [2.05, 4.69) is 28.5 Å². The highest BCUT2D eigenvalue weighted by Gasteiger charge is 2.54. The molecule has 170 valence electrons. The van der Waals surface area contributed by atoms with E-state index in [0.29, 0.717) is 12.1 Å². The lowest BCUT2D eigenvalue weighted by molar-refractivity contribution is -0.130. The van der Waals surface area contributed by atoms with Gasteiger partial charge in [-0.2, -0.15) is 0 Å². The second-order valence-electron chi connectivity index (χ2n) is 9.52. The van der Waals surface area contributed by atoms with Gasteiger partial charge in [0.15, 0.2) is 0 Å². The minimum absolute atomic E-state index is 0.0724. The van der Waals surface area contributed by atoms with Crippen molar-refractivity contribution in [3.63, 3.8) is 0 Å². The largest absolute Gasteiger partial charge is 0.361 e. The van der Waals surface area contributed by atoms with Crippen molar-refractivity contribution in [1.82, 2.24) is 15.2 Å². The lowest BCUT2D eigenvalue weighted by Crippen LogP contribution is -2.63. The van der Waals surface area contributed by atoms with Gasteiger partial charge in [-0.25, -0.2) is 0 Å². The van der Waals surface area contributed by atoms with Gasteiger partial charge in [0.1, 0.15) is 5.54 Å².